The SMILES string of the molecule is CC1=C(C(=O)OCc2ccccc2)[C@@H](c2ccccc2F)N2C(CC(=O)NCCc3ccccn3)=CSC2=N1. The molecule has 0 saturated heterocycles. The number of hydrogen-bond acceptors (Lipinski definition) is 7. The van der Waals surface area contributed by atoms with Gasteiger partial charge in [-0.05, 0) is 36.1 Å². The van der Waals surface area contributed by atoms with Gasteiger partial charge in [0.2, 0.25) is 5.91 Å². The zero-order valence-corrected chi connectivity index (χ0v) is 22.2. The molecule has 0 unspecified atom stereocenters. The van der Waals surface area contributed by atoms with E-state index in [9.17, 15) is 9.59 Å². The van der Waals surface area contributed by atoms with Gasteiger partial charge >= 0.3 is 5.97 Å². The molecule has 2 aromatic carbocycles. The molecule has 0 radical (unpaired) electrons. The van der Waals surface area contributed by atoms with Gasteiger partial charge in [-0.25, -0.2) is 14.2 Å². The van der Waals surface area contributed by atoms with Gasteiger partial charge in [0.05, 0.1) is 23.7 Å². The Morgan fingerprint density at radius 2 is 1.82 bits per heavy atom. The van der Waals surface area contributed by atoms with Crippen molar-refractivity contribution in [3.8, 4) is 0 Å². The number of halogens is 1. The molecule has 5 rings (SSSR count). The molecular formula is C30H27FN4O3S. The lowest BCUT2D eigenvalue weighted by Crippen LogP contribution is -2.38. The van der Waals surface area contributed by atoms with Gasteiger partial charge in [-0.3, -0.25) is 9.78 Å². The Bertz CT molecular complexity index is 1460. The number of benzene rings is 2. The maximum absolute atomic E-state index is 15.2. The van der Waals surface area contributed by atoms with Crippen molar-refractivity contribution in [2.24, 2.45) is 4.99 Å². The summed E-state index contributed by atoms with van der Waals surface area (Å²) in [6.07, 6.45) is 2.37. The number of esters is 1. The lowest BCUT2D eigenvalue weighted by molar-refractivity contribution is -0.141. The van der Waals surface area contributed by atoms with Crippen LogP contribution in [0.25, 0.3) is 0 Å². The van der Waals surface area contributed by atoms with Gasteiger partial charge in [0.1, 0.15) is 12.4 Å². The summed E-state index contributed by atoms with van der Waals surface area (Å²) in [6, 6.07) is 20.5. The van der Waals surface area contributed by atoms with Crippen LogP contribution in [0.5, 0.6) is 0 Å². The van der Waals surface area contributed by atoms with Crippen LogP contribution in [0.3, 0.4) is 0 Å². The second-order valence-electron chi connectivity index (χ2n) is 9.07. The molecule has 1 atom stereocenters. The third kappa shape index (κ3) is 6.09. The number of aromatic nitrogens is 1. The molecule has 7 nitrogen and oxygen atoms in total. The largest absolute Gasteiger partial charge is 0.457 e. The molecule has 1 aromatic heterocycles. The van der Waals surface area contributed by atoms with Gasteiger partial charge < -0.3 is 15.0 Å². The minimum atomic E-state index is -0.829. The second kappa shape index (κ2) is 12.1. The Kier molecular flexibility index (Phi) is 8.17. The fourth-order valence-corrected chi connectivity index (χ4v) is 5.49. The van der Waals surface area contributed by atoms with E-state index >= 15 is 4.39 Å². The number of hydrogen-bond donors (Lipinski definition) is 1. The number of carbonyl (C=O) groups excluding carboxylic acids is 2. The predicted octanol–water partition coefficient (Wildman–Crippen LogP) is 5.29. The van der Waals surface area contributed by atoms with E-state index in [-0.39, 0.29) is 24.5 Å². The van der Waals surface area contributed by atoms with Gasteiger partial charge in [-0.15, -0.1) is 0 Å². The first-order valence-corrected chi connectivity index (χ1v) is 13.5. The molecule has 0 bridgehead atoms. The van der Waals surface area contributed by atoms with Crippen molar-refractivity contribution in [1.82, 2.24) is 15.2 Å². The fraction of sp³-hybridized carbons (Fsp3) is 0.200. The van der Waals surface area contributed by atoms with E-state index in [0.717, 1.165) is 11.3 Å². The van der Waals surface area contributed by atoms with Crippen molar-refractivity contribution in [3.63, 3.8) is 0 Å². The quantitative estimate of drug-likeness (QED) is 0.370. The van der Waals surface area contributed by atoms with Crippen LogP contribution in [0.15, 0.2) is 106 Å². The average molecular weight is 543 g/mol. The standard InChI is InChI=1S/C30H27FN4O3S/c1-20-27(29(37)38-18-21-9-3-2-4-10-21)28(24-12-5-6-13-25(24)31)35-23(19-39-30(35)34-20)17-26(36)33-16-14-22-11-7-8-15-32-22/h2-13,15,19,28H,14,16-18H2,1H3,(H,33,36)/t28-/m1/s1. The zero-order chi connectivity index (χ0) is 27.2. The molecule has 2 aliphatic rings. The number of carbonyl (C=O) groups is 2. The molecule has 0 fully saturated rings. The molecule has 0 saturated carbocycles. The van der Waals surface area contributed by atoms with Crippen molar-refractivity contribution >= 4 is 28.8 Å². The molecule has 1 amide bonds. The first kappa shape index (κ1) is 26.4. The summed E-state index contributed by atoms with van der Waals surface area (Å²) >= 11 is 1.34. The number of rotatable bonds is 9. The maximum atomic E-state index is 15.2. The highest BCUT2D eigenvalue weighted by Crippen LogP contribution is 2.45. The average Bonchev–Trinajstić information content (AvgIpc) is 3.34. The summed E-state index contributed by atoms with van der Waals surface area (Å²) in [4.78, 5) is 37.0. The summed E-state index contributed by atoms with van der Waals surface area (Å²) < 4.78 is 20.9. The molecule has 3 heterocycles. The number of aliphatic imine (C=N–C) groups is 1. The van der Waals surface area contributed by atoms with Crippen molar-refractivity contribution in [2.75, 3.05) is 6.54 Å². The van der Waals surface area contributed by atoms with Crippen LogP contribution in [0.2, 0.25) is 0 Å². The minimum absolute atomic E-state index is 0.0462. The lowest BCUT2D eigenvalue weighted by Gasteiger charge is -2.36. The number of fused-ring (bicyclic) bond motifs is 1. The number of thioether (sulfide) groups is 1. The van der Waals surface area contributed by atoms with Gasteiger partial charge in [0.15, 0.2) is 5.17 Å². The number of amides is 1. The van der Waals surface area contributed by atoms with Gasteiger partial charge in [0, 0.05) is 36.1 Å². The van der Waals surface area contributed by atoms with E-state index < -0.39 is 17.8 Å². The molecule has 3 aromatic rings. The molecule has 9 heteroatoms. The normalized spacial score (nSPS) is 16.4. The molecule has 1 N–H and O–H groups in total. The molecule has 2 aliphatic heterocycles. The molecule has 198 valence electrons. The van der Waals surface area contributed by atoms with Crippen LogP contribution >= 0.6 is 11.8 Å². The maximum Gasteiger partial charge on any atom is 0.338 e. The summed E-state index contributed by atoms with van der Waals surface area (Å²) in [6.45, 7) is 2.23. The van der Waals surface area contributed by atoms with E-state index in [0.29, 0.717) is 35.1 Å². The van der Waals surface area contributed by atoms with Crippen LogP contribution in [-0.4, -0.2) is 33.5 Å². The van der Waals surface area contributed by atoms with E-state index in [4.69, 9.17) is 4.74 Å². The molecule has 0 spiro atoms. The molecule has 0 aliphatic carbocycles. The van der Waals surface area contributed by atoms with Crippen molar-refractivity contribution in [1.29, 1.82) is 0 Å². The van der Waals surface area contributed by atoms with E-state index in [1.165, 1.54) is 17.8 Å². The van der Waals surface area contributed by atoms with Crippen LogP contribution in [0.4, 0.5) is 4.39 Å². The predicted molar refractivity (Wildman–Crippen MR) is 149 cm³/mol. The van der Waals surface area contributed by atoms with Crippen LogP contribution < -0.4 is 5.32 Å². The summed E-state index contributed by atoms with van der Waals surface area (Å²) in [5, 5.41) is 5.34. The van der Waals surface area contributed by atoms with Gasteiger partial charge in [-0.1, -0.05) is 66.4 Å². The lowest BCUT2D eigenvalue weighted by atomic mass is 9.93. The highest BCUT2D eigenvalue weighted by atomic mass is 32.2. The Balaban J connectivity index is 1.37. The van der Waals surface area contributed by atoms with Crippen molar-refractivity contribution in [3.05, 3.63) is 124 Å². The monoisotopic (exact) mass is 542 g/mol. The highest BCUT2D eigenvalue weighted by molar-refractivity contribution is 8.16. The topological polar surface area (TPSA) is 83.9 Å². The van der Waals surface area contributed by atoms with Crippen LogP contribution in [0, 0.1) is 5.82 Å². The summed E-state index contributed by atoms with van der Waals surface area (Å²) in [5.74, 6) is -1.23. The molecular weight excluding hydrogens is 515 g/mol. The fourth-order valence-electron chi connectivity index (χ4n) is 4.53. The third-order valence-electron chi connectivity index (χ3n) is 6.40. The van der Waals surface area contributed by atoms with Crippen molar-refractivity contribution in [2.45, 2.75) is 32.4 Å². The smallest absolute Gasteiger partial charge is 0.338 e. The summed E-state index contributed by atoms with van der Waals surface area (Å²) in [7, 11) is 0. The first-order valence-electron chi connectivity index (χ1n) is 12.6. The number of ether oxygens (including phenoxy) is 1. The molecule has 39 heavy (non-hydrogen) atoms. The van der Waals surface area contributed by atoms with E-state index in [1.54, 1.807) is 36.2 Å². The van der Waals surface area contributed by atoms with Crippen LogP contribution in [0.1, 0.15) is 36.2 Å². The first-order chi connectivity index (χ1) is 19.0. The Hall–Kier alpha value is -4.24. The number of nitrogens with zero attached hydrogens (tertiary/aromatic N) is 3. The van der Waals surface area contributed by atoms with Crippen LogP contribution in [-0.2, 0) is 27.4 Å². The third-order valence-corrected chi connectivity index (χ3v) is 7.29. The Morgan fingerprint density at radius 3 is 2.59 bits per heavy atom. The van der Waals surface area contributed by atoms with Gasteiger partial charge in [0.25, 0.3) is 0 Å². The zero-order valence-electron chi connectivity index (χ0n) is 21.3. The van der Waals surface area contributed by atoms with Crippen molar-refractivity contribution < 1.29 is 18.7 Å². The second-order valence-corrected chi connectivity index (χ2v) is 9.91. The van der Waals surface area contributed by atoms with E-state index in [1.807, 2.05) is 53.9 Å². The number of pyridine rings is 1. The summed E-state index contributed by atoms with van der Waals surface area (Å²) in [5.41, 5.74) is 3.35. The number of nitrogens with one attached hydrogen (secondary N) is 1. The van der Waals surface area contributed by atoms with Gasteiger partial charge in [-0.2, -0.15) is 0 Å². The van der Waals surface area contributed by atoms with E-state index in [2.05, 4.69) is 15.3 Å². The minimum Gasteiger partial charge on any atom is -0.457 e. The Labute approximate surface area is 230 Å². The number of allylic oxidation sites excluding steroid dienone is 1. The number of amidine groups is 1. The highest BCUT2D eigenvalue weighted by Gasteiger charge is 2.42. The Morgan fingerprint density at radius 1 is 1.05 bits per heavy atom.